The summed E-state index contributed by atoms with van der Waals surface area (Å²) in [4.78, 5) is 0. The molecule has 1 aliphatic heterocycles. The highest BCUT2D eigenvalue weighted by Crippen LogP contribution is 2.22. The molecule has 152 valence electrons. The molecule has 6 rings (SSSR count). The molecule has 3 heteroatoms. The van der Waals surface area contributed by atoms with Gasteiger partial charge < -0.3 is 5.32 Å². The fourth-order valence-electron chi connectivity index (χ4n) is 3.85. The van der Waals surface area contributed by atoms with Crippen LogP contribution in [0.2, 0.25) is 0 Å². The summed E-state index contributed by atoms with van der Waals surface area (Å²) in [6.07, 6.45) is 8.55. The summed E-state index contributed by atoms with van der Waals surface area (Å²) in [7, 11) is 0. The van der Waals surface area contributed by atoms with Gasteiger partial charge in [0, 0.05) is 17.6 Å². The molecule has 0 saturated carbocycles. The minimum atomic E-state index is 1.11. The molecule has 0 spiro atoms. The summed E-state index contributed by atoms with van der Waals surface area (Å²) in [5, 5.41) is 11.3. The highest BCUT2D eigenvalue weighted by atomic mass is 15.1. The molecule has 0 saturated heterocycles. The van der Waals surface area contributed by atoms with E-state index >= 15 is 0 Å². The van der Waals surface area contributed by atoms with E-state index in [1.54, 1.807) is 0 Å². The first-order valence-corrected chi connectivity index (χ1v) is 10.6. The summed E-state index contributed by atoms with van der Waals surface area (Å²) in [6.45, 7) is 7.45. The maximum atomic E-state index is 3.92. The van der Waals surface area contributed by atoms with E-state index in [4.69, 9.17) is 0 Å². The first-order chi connectivity index (χ1) is 14.6. The molecule has 0 fully saturated rings. The number of hydrogen-bond donors (Lipinski definition) is 2. The summed E-state index contributed by atoms with van der Waals surface area (Å²) in [6, 6.07) is 19.4. The molecule has 0 bridgehead atoms. The van der Waals surface area contributed by atoms with Gasteiger partial charge in [0.05, 0.1) is 11.7 Å². The number of nitrogens with zero attached hydrogens (tertiary/aromatic N) is 1. The smallest absolute Gasteiger partial charge is 0.0652 e. The van der Waals surface area contributed by atoms with Crippen LogP contribution in [-0.2, 0) is 12.8 Å². The largest absolute Gasteiger partial charge is 0.384 e. The maximum absolute atomic E-state index is 3.92. The van der Waals surface area contributed by atoms with Crippen LogP contribution < -0.4 is 5.32 Å². The molecule has 0 unspecified atom stereocenters. The predicted molar refractivity (Wildman–Crippen MR) is 128 cm³/mol. The second-order valence-corrected chi connectivity index (χ2v) is 8.11. The zero-order chi connectivity index (χ0) is 20.9. The second kappa shape index (κ2) is 9.00. The van der Waals surface area contributed by atoms with Crippen molar-refractivity contribution < 1.29 is 0 Å². The number of aromatic amines is 1. The van der Waals surface area contributed by atoms with Gasteiger partial charge in [0.15, 0.2) is 0 Å². The van der Waals surface area contributed by atoms with Crippen molar-refractivity contribution in [2.24, 2.45) is 0 Å². The first-order valence-electron chi connectivity index (χ1n) is 10.6. The number of fused-ring (bicyclic) bond motifs is 3. The van der Waals surface area contributed by atoms with Gasteiger partial charge in [-0.15, -0.1) is 0 Å². The molecule has 2 heterocycles. The van der Waals surface area contributed by atoms with Crippen LogP contribution in [0.25, 0.3) is 17.0 Å². The van der Waals surface area contributed by atoms with Gasteiger partial charge in [-0.1, -0.05) is 65.7 Å². The van der Waals surface area contributed by atoms with Crippen LogP contribution in [0.4, 0.5) is 5.69 Å². The van der Waals surface area contributed by atoms with E-state index in [2.05, 4.69) is 103 Å². The van der Waals surface area contributed by atoms with Gasteiger partial charge in [0.2, 0.25) is 0 Å². The molecule has 0 radical (unpaired) electrons. The Hall–Kier alpha value is -3.33. The molecule has 2 N–H and O–H groups in total. The Bertz CT molecular complexity index is 1180. The van der Waals surface area contributed by atoms with Crippen molar-refractivity contribution >= 4 is 22.7 Å². The molecular weight excluding hydrogens is 366 g/mol. The van der Waals surface area contributed by atoms with Crippen LogP contribution in [0, 0.1) is 20.8 Å². The van der Waals surface area contributed by atoms with E-state index < -0.39 is 0 Å². The number of aryl methyl sites for hydroxylation is 3. The van der Waals surface area contributed by atoms with E-state index in [0.717, 1.165) is 18.5 Å². The number of anilines is 1. The standard InChI is InChI=1S/C10H10.C9H11N.C8H8N2/c1-8-5-6-9-3-2-4-10(9)7-8;1-7-2-3-9-8(6-7)4-5-10-9;1-6-2-3-7-5-9-10-8(7)4-6/h2,4-7H,3H2,1H3;2-3,6,10H,4-5H2,1H3;2-5H,1H3,(H,9,10). The number of allylic oxidation sites excluding steroid dienone is 1. The van der Waals surface area contributed by atoms with Gasteiger partial charge in [0.25, 0.3) is 0 Å². The lowest BCUT2D eigenvalue weighted by Crippen LogP contribution is -1.90. The molecule has 3 aromatic carbocycles. The molecule has 1 aliphatic carbocycles. The van der Waals surface area contributed by atoms with Gasteiger partial charge in [0.1, 0.15) is 0 Å². The Morgan fingerprint density at radius 1 is 0.800 bits per heavy atom. The lowest BCUT2D eigenvalue weighted by molar-refractivity contribution is 1.10. The number of hydrogen-bond acceptors (Lipinski definition) is 2. The topological polar surface area (TPSA) is 40.7 Å². The number of benzene rings is 3. The van der Waals surface area contributed by atoms with Crippen molar-refractivity contribution in [2.75, 3.05) is 11.9 Å². The van der Waals surface area contributed by atoms with Crippen LogP contribution in [0.1, 0.15) is 33.4 Å². The normalized spacial score (nSPS) is 12.9. The lowest BCUT2D eigenvalue weighted by Gasteiger charge is -1.98. The second-order valence-electron chi connectivity index (χ2n) is 8.11. The van der Waals surface area contributed by atoms with E-state index in [-0.39, 0.29) is 0 Å². The maximum Gasteiger partial charge on any atom is 0.0652 e. The summed E-state index contributed by atoms with van der Waals surface area (Å²) >= 11 is 0. The number of aromatic nitrogens is 2. The van der Waals surface area contributed by atoms with Crippen LogP contribution in [0.15, 0.2) is 66.9 Å². The lowest BCUT2D eigenvalue weighted by atomic mass is 10.1. The van der Waals surface area contributed by atoms with Crippen molar-refractivity contribution in [3.05, 3.63) is 100 Å². The summed E-state index contributed by atoms with van der Waals surface area (Å²) in [5.74, 6) is 0. The Morgan fingerprint density at radius 3 is 2.47 bits per heavy atom. The van der Waals surface area contributed by atoms with Crippen LogP contribution in [0.5, 0.6) is 0 Å². The van der Waals surface area contributed by atoms with Crippen molar-refractivity contribution in [3.63, 3.8) is 0 Å². The first kappa shape index (κ1) is 20.0. The van der Waals surface area contributed by atoms with Crippen molar-refractivity contribution in [2.45, 2.75) is 33.6 Å². The third-order valence-electron chi connectivity index (χ3n) is 5.50. The highest BCUT2D eigenvalue weighted by Gasteiger charge is 2.07. The fraction of sp³-hybridized carbons (Fsp3) is 0.222. The van der Waals surface area contributed by atoms with Crippen LogP contribution >= 0.6 is 0 Å². The predicted octanol–water partition coefficient (Wildman–Crippen LogP) is 6.40. The van der Waals surface area contributed by atoms with Gasteiger partial charge >= 0.3 is 0 Å². The van der Waals surface area contributed by atoms with E-state index in [1.165, 1.54) is 50.9 Å². The minimum absolute atomic E-state index is 1.11. The van der Waals surface area contributed by atoms with Gasteiger partial charge in [-0.2, -0.15) is 5.10 Å². The molecule has 3 nitrogen and oxygen atoms in total. The number of H-pyrrole nitrogens is 1. The summed E-state index contributed by atoms with van der Waals surface area (Å²) < 4.78 is 0. The summed E-state index contributed by atoms with van der Waals surface area (Å²) in [5.41, 5.74) is 10.8. The van der Waals surface area contributed by atoms with Gasteiger partial charge in [-0.3, -0.25) is 5.10 Å². The van der Waals surface area contributed by atoms with Crippen molar-refractivity contribution in [1.29, 1.82) is 0 Å². The quantitative estimate of drug-likeness (QED) is 0.362. The van der Waals surface area contributed by atoms with E-state index in [0.29, 0.717) is 0 Å². The molecule has 1 aromatic heterocycles. The monoisotopic (exact) mass is 395 g/mol. The average molecular weight is 396 g/mol. The zero-order valence-electron chi connectivity index (χ0n) is 18.0. The number of rotatable bonds is 0. The highest BCUT2D eigenvalue weighted by molar-refractivity contribution is 5.78. The molecule has 0 atom stereocenters. The fourth-order valence-corrected chi connectivity index (χ4v) is 3.85. The molecule has 30 heavy (non-hydrogen) atoms. The van der Waals surface area contributed by atoms with Crippen molar-refractivity contribution in [3.8, 4) is 0 Å². The molecule has 2 aliphatic rings. The number of nitrogens with one attached hydrogen (secondary N) is 2. The van der Waals surface area contributed by atoms with Gasteiger partial charge in [-0.25, -0.2) is 0 Å². The van der Waals surface area contributed by atoms with Gasteiger partial charge in [-0.05, 0) is 68.0 Å². The Morgan fingerprint density at radius 2 is 1.57 bits per heavy atom. The minimum Gasteiger partial charge on any atom is -0.384 e. The SMILES string of the molecule is Cc1ccc2c(c1)C=CC2.Cc1ccc2c(c1)CCN2.Cc1ccc2cn[nH]c2c1. The van der Waals surface area contributed by atoms with Crippen molar-refractivity contribution in [1.82, 2.24) is 10.2 Å². The third kappa shape index (κ3) is 4.80. The van der Waals surface area contributed by atoms with Crippen LogP contribution in [-0.4, -0.2) is 16.7 Å². The zero-order valence-corrected chi connectivity index (χ0v) is 18.0. The van der Waals surface area contributed by atoms with Crippen LogP contribution in [0.3, 0.4) is 0 Å². The Labute approximate surface area is 178 Å². The average Bonchev–Trinajstić information content (AvgIpc) is 3.48. The molecular formula is C27H29N3. The van der Waals surface area contributed by atoms with E-state index in [9.17, 15) is 0 Å². The van der Waals surface area contributed by atoms with E-state index in [1.807, 2.05) is 6.20 Å². The Kier molecular flexibility index (Phi) is 5.99. The molecule has 4 aromatic rings. The molecule has 0 amide bonds. The Balaban J connectivity index is 0.000000109. The third-order valence-corrected chi connectivity index (χ3v) is 5.50.